The number of anilines is 3. The minimum absolute atomic E-state index is 0.519. The van der Waals surface area contributed by atoms with Crippen LogP contribution in [-0.2, 0) is 0 Å². The predicted molar refractivity (Wildman–Crippen MR) is 131 cm³/mol. The van der Waals surface area contributed by atoms with Crippen LogP contribution in [0.15, 0.2) is 83.6 Å². The van der Waals surface area contributed by atoms with E-state index in [1.54, 1.807) is 0 Å². The van der Waals surface area contributed by atoms with E-state index in [-0.39, 0.29) is 0 Å². The molecule has 1 atom stereocenters. The number of nitrogens with zero attached hydrogens (tertiary/aromatic N) is 2. The number of rotatable bonds is 7. The molecule has 0 spiro atoms. The van der Waals surface area contributed by atoms with Crippen LogP contribution in [0.25, 0.3) is 6.08 Å². The zero-order chi connectivity index (χ0) is 21.3. The van der Waals surface area contributed by atoms with Crippen LogP contribution >= 0.6 is 0 Å². The van der Waals surface area contributed by atoms with Crippen molar-refractivity contribution >= 4 is 29.0 Å². The van der Waals surface area contributed by atoms with Crippen LogP contribution in [0.4, 0.5) is 17.1 Å². The quantitative estimate of drug-likeness (QED) is 0.319. The van der Waals surface area contributed by atoms with E-state index in [9.17, 15) is 0 Å². The van der Waals surface area contributed by atoms with Crippen LogP contribution in [0.5, 0.6) is 0 Å². The first-order valence-corrected chi connectivity index (χ1v) is 10.3. The maximum atomic E-state index is 4.49. The van der Waals surface area contributed by atoms with E-state index in [0.29, 0.717) is 5.92 Å². The zero-order valence-electron chi connectivity index (χ0n) is 18.2. The maximum absolute atomic E-state index is 4.49. The Hall–Kier alpha value is -3.47. The summed E-state index contributed by atoms with van der Waals surface area (Å²) in [6.45, 7) is 4.19. The van der Waals surface area contributed by atoms with Gasteiger partial charge in [-0.05, 0) is 67.3 Å². The van der Waals surface area contributed by atoms with Crippen molar-refractivity contribution in [3.63, 3.8) is 0 Å². The molecule has 1 aliphatic carbocycles. The van der Waals surface area contributed by atoms with Crippen molar-refractivity contribution in [2.45, 2.75) is 20.3 Å². The molecule has 0 radical (unpaired) electrons. The minimum Gasteiger partial charge on any atom is -0.388 e. The van der Waals surface area contributed by atoms with Gasteiger partial charge in [-0.2, -0.15) is 0 Å². The molecule has 2 aromatic rings. The van der Waals surface area contributed by atoms with Crippen molar-refractivity contribution in [1.29, 1.82) is 0 Å². The molecule has 3 rings (SSSR count). The molecule has 5 heteroatoms. The third-order valence-corrected chi connectivity index (χ3v) is 5.06. The maximum Gasteiger partial charge on any atom is 0.117 e. The second kappa shape index (κ2) is 10.3. The smallest absolute Gasteiger partial charge is 0.117 e. The molecule has 0 amide bonds. The number of aliphatic imine (C=N–C) groups is 1. The number of hydrogen-bond acceptors (Lipinski definition) is 4. The average Bonchev–Trinajstić information content (AvgIpc) is 2.76. The summed E-state index contributed by atoms with van der Waals surface area (Å²) in [4.78, 5) is 4.49. The van der Waals surface area contributed by atoms with Crippen molar-refractivity contribution in [2.24, 2.45) is 10.9 Å². The normalized spacial score (nSPS) is 16.3. The molecular weight excluding hydrogens is 370 g/mol. The van der Waals surface area contributed by atoms with E-state index in [1.807, 2.05) is 56.5 Å². The number of benzene rings is 2. The van der Waals surface area contributed by atoms with E-state index in [4.69, 9.17) is 0 Å². The van der Waals surface area contributed by atoms with Gasteiger partial charge in [0.1, 0.15) is 5.84 Å². The number of amidine groups is 1. The van der Waals surface area contributed by atoms with E-state index in [0.717, 1.165) is 34.9 Å². The van der Waals surface area contributed by atoms with Gasteiger partial charge in [-0.15, -0.1) is 0 Å². The summed E-state index contributed by atoms with van der Waals surface area (Å²) in [7, 11) is 3.90. The van der Waals surface area contributed by atoms with Gasteiger partial charge in [0, 0.05) is 37.4 Å². The minimum atomic E-state index is 0.519. The topological polar surface area (TPSA) is 51.7 Å². The fraction of sp³-hybridized carbons (Fsp3) is 0.240. The number of allylic oxidation sites excluding steroid dienone is 4. The molecule has 0 fully saturated rings. The largest absolute Gasteiger partial charge is 0.388 e. The lowest BCUT2D eigenvalue weighted by atomic mass is 9.99. The van der Waals surface area contributed by atoms with E-state index >= 15 is 0 Å². The third kappa shape index (κ3) is 5.77. The monoisotopic (exact) mass is 401 g/mol. The van der Waals surface area contributed by atoms with E-state index in [2.05, 4.69) is 76.5 Å². The Kier molecular flexibility index (Phi) is 7.33. The van der Waals surface area contributed by atoms with Gasteiger partial charge in [-0.3, -0.25) is 10.4 Å². The number of nitrogens with one attached hydrogen (secondary N) is 3. The summed E-state index contributed by atoms with van der Waals surface area (Å²) in [5.41, 5.74) is 8.89. The van der Waals surface area contributed by atoms with Crippen molar-refractivity contribution in [2.75, 3.05) is 29.7 Å². The van der Waals surface area contributed by atoms with Gasteiger partial charge in [0.2, 0.25) is 0 Å². The summed E-state index contributed by atoms with van der Waals surface area (Å²) in [5, 5.41) is 8.67. The number of para-hydroxylation sites is 1. The van der Waals surface area contributed by atoms with Crippen molar-refractivity contribution in [3.05, 3.63) is 84.2 Å². The van der Waals surface area contributed by atoms with Gasteiger partial charge >= 0.3 is 0 Å². The highest BCUT2D eigenvalue weighted by atomic mass is 15.5. The highest BCUT2D eigenvalue weighted by Gasteiger charge is 2.10. The lowest BCUT2D eigenvalue weighted by molar-refractivity contribution is 0.691. The van der Waals surface area contributed by atoms with Crippen LogP contribution in [0.2, 0.25) is 0 Å². The van der Waals surface area contributed by atoms with Gasteiger partial charge in [0.15, 0.2) is 0 Å². The first-order valence-electron chi connectivity index (χ1n) is 10.3. The fourth-order valence-corrected chi connectivity index (χ4v) is 3.28. The van der Waals surface area contributed by atoms with Gasteiger partial charge in [-0.1, -0.05) is 37.3 Å². The summed E-state index contributed by atoms with van der Waals surface area (Å²) in [6.07, 6.45) is 11.4. The molecule has 3 N–H and O–H groups in total. The second-order valence-electron chi connectivity index (χ2n) is 7.40. The Bertz CT molecular complexity index is 954. The van der Waals surface area contributed by atoms with Crippen LogP contribution in [0.3, 0.4) is 0 Å². The molecule has 0 heterocycles. The van der Waals surface area contributed by atoms with Gasteiger partial charge in [0.05, 0.1) is 5.69 Å². The molecular formula is C25H31N5. The van der Waals surface area contributed by atoms with E-state index < -0.39 is 0 Å². The molecule has 1 aliphatic rings. The Morgan fingerprint density at radius 2 is 1.90 bits per heavy atom. The van der Waals surface area contributed by atoms with Crippen molar-refractivity contribution < 1.29 is 0 Å². The fourth-order valence-electron chi connectivity index (χ4n) is 3.28. The van der Waals surface area contributed by atoms with Gasteiger partial charge < -0.3 is 10.6 Å². The lowest BCUT2D eigenvalue weighted by Crippen LogP contribution is -2.37. The van der Waals surface area contributed by atoms with Crippen molar-refractivity contribution in [3.8, 4) is 0 Å². The second-order valence-corrected chi connectivity index (χ2v) is 7.40. The zero-order valence-corrected chi connectivity index (χ0v) is 18.2. The standard InChI is InChI=1S/C25H31N5/c1-19-9-5-7-11-24(19)28-22-13-15-23(16-14-22)30(4)29-20(2)27-18-17-21-10-6-8-12-25(21)26-3/h5-8,10-19,26,28H,9H2,1-4H3,(H,27,29)/b18-17-. The molecule has 156 valence electrons. The molecule has 0 bridgehead atoms. The highest BCUT2D eigenvalue weighted by Crippen LogP contribution is 2.23. The van der Waals surface area contributed by atoms with E-state index in [1.165, 1.54) is 5.70 Å². The van der Waals surface area contributed by atoms with Gasteiger partial charge in [-0.25, -0.2) is 4.99 Å². The molecule has 0 saturated carbocycles. The molecule has 0 aromatic heterocycles. The summed E-state index contributed by atoms with van der Waals surface area (Å²) < 4.78 is 0. The molecule has 30 heavy (non-hydrogen) atoms. The summed E-state index contributed by atoms with van der Waals surface area (Å²) in [5.74, 6) is 1.33. The Morgan fingerprint density at radius 1 is 1.13 bits per heavy atom. The Morgan fingerprint density at radius 3 is 2.63 bits per heavy atom. The van der Waals surface area contributed by atoms with Crippen LogP contribution in [0.1, 0.15) is 25.8 Å². The van der Waals surface area contributed by atoms with Crippen LogP contribution < -0.4 is 21.1 Å². The molecule has 0 saturated heterocycles. The summed E-state index contributed by atoms with van der Waals surface area (Å²) >= 11 is 0. The molecule has 0 aliphatic heterocycles. The first-order chi connectivity index (χ1) is 14.6. The Balaban J connectivity index is 1.57. The van der Waals surface area contributed by atoms with Gasteiger partial charge in [0.25, 0.3) is 0 Å². The van der Waals surface area contributed by atoms with Crippen molar-refractivity contribution in [1.82, 2.24) is 5.43 Å². The lowest BCUT2D eigenvalue weighted by Gasteiger charge is -2.22. The average molecular weight is 402 g/mol. The first kappa shape index (κ1) is 21.2. The molecule has 2 aromatic carbocycles. The molecule has 5 nitrogen and oxygen atoms in total. The van der Waals surface area contributed by atoms with Crippen LogP contribution in [0, 0.1) is 5.92 Å². The Labute approximate surface area is 179 Å². The number of hydrogen-bond donors (Lipinski definition) is 3. The van der Waals surface area contributed by atoms with Crippen LogP contribution in [-0.4, -0.2) is 19.9 Å². The summed E-state index contributed by atoms with van der Waals surface area (Å²) in [6, 6.07) is 16.5. The third-order valence-electron chi connectivity index (χ3n) is 5.06. The highest BCUT2D eigenvalue weighted by molar-refractivity contribution is 5.82. The number of hydrazine groups is 1. The SMILES string of the molecule is CNc1ccccc1/C=C\N=C(C)NN(C)c1ccc(NC2=CC=CCC2C)cc1. The molecule has 1 unspecified atom stereocenters. The predicted octanol–water partition coefficient (Wildman–Crippen LogP) is 5.65.